The number of nitrogens with zero attached hydrogens (tertiary/aromatic N) is 1. The molecule has 3 rings (SSSR count). The third-order valence-corrected chi connectivity index (χ3v) is 6.40. The van der Waals surface area contributed by atoms with Gasteiger partial charge in [0.25, 0.3) is 0 Å². The topological polar surface area (TPSA) is 93.1 Å². The Hall–Kier alpha value is -1.87. The van der Waals surface area contributed by atoms with Crippen LogP contribution in [0.3, 0.4) is 0 Å². The molecule has 182 valence electrons. The van der Waals surface area contributed by atoms with E-state index in [1.807, 2.05) is 20.8 Å². The average Bonchev–Trinajstić information content (AvgIpc) is 2.67. The summed E-state index contributed by atoms with van der Waals surface area (Å²) in [5.41, 5.74) is -0.437. The van der Waals surface area contributed by atoms with Gasteiger partial charge in [0.15, 0.2) is 9.84 Å². The number of sulfone groups is 1. The fourth-order valence-corrected chi connectivity index (χ4v) is 4.41. The van der Waals surface area contributed by atoms with Gasteiger partial charge in [-0.3, -0.25) is 0 Å². The van der Waals surface area contributed by atoms with Crippen molar-refractivity contribution in [1.82, 2.24) is 4.90 Å². The molecule has 7 nitrogen and oxygen atoms in total. The van der Waals surface area contributed by atoms with E-state index in [9.17, 15) is 22.7 Å². The molecule has 0 atom stereocenters. The summed E-state index contributed by atoms with van der Waals surface area (Å²) < 4.78 is 47.3. The van der Waals surface area contributed by atoms with Crippen molar-refractivity contribution in [2.24, 2.45) is 0 Å². The van der Waals surface area contributed by atoms with E-state index >= 15 is 0 Å². The number of halogens is 1. The molecule has 1 saturated heterocycles. The minimum atomic E-state index is -3.39. The highest BCUT2D eigenvalue weighted by atomic mass is 32.2. The van der Waals surface area contributed by atoms with Crippen LogP contribution < -0.4 is 4.74 Å². The number of amides is 1. The van der Waals surface area contributed by atoms with Gasteiger partial charge >= 0.3 is 6.09 Å². The number of aliphatic hydroxyl groups excluding tert-OH is 1. The monoisotopic (exact) mass is 473 g/mol. The molecule has 1 aromatic carbocycles. The molecule has 1 N–H and O–H groups in total. The minimum Gasteiger partial charge on any atom is -0.489 e. The van der Waals surface area contributed by atoms with Crippen LogP contribution in [0.25, 0.3) is 0 Å². The SMILES string of the molecule is CC(C)(C)OC(=O)N1CCC(O)CC1.CS(=O)(=O)c1ccc(F)cc1OC1CCCCC1. The van der Waals surface area contributed by atoms with Crippen LogP contribution in [0.1, 0.15) is 65.7 Å². The van der Waals surface area contributed by atoms with E-state index in [0.717, 1.165) is 44.1 Å². The highest BCUT2D eigenvalue weighted by molar-refractivity contribution is 7.90. The summed E-state index contributed by atoms with van der Waals surface area (Å²) in [5, 5.41) is 9.26. The number of likely N-dealkylation sites (tertiary alicyclic amines) is 1. The van der Waals surface area contributed by atoms with E-state index in [1.165, 1.54) is 12.5 Å². The van der Waals surface area contributed by atoms with Crippen LogP contribution in [-0.4, -0.2) is 61.7 Å². The summed E-state index contributed by atoms with van der Waals surface area (Å²) in [5.74, 6) is -0.336. The van der Waals surface area contributed by atoms with Gasteiger partial charge < -0.3 is 19.5 Å². The lowest BCUT2D eigenvalue weighted by atomic mass is 9.98. The molecular weight excluding hydrogens is 437 g/mol. The van der Waals surface area contributed by atoms with Crippen LogP contribution in [0.4, 0.5) is 9.18 Å². The third-order valence-electron chi connectivity index (χ3n) is 5.27. The van der Waals surface area contributed by atoms with E-state index in [4.69, 9.17) is 9.47 Å². The lowest BCUT2D eigenvalue weighted by molar-refractivity contribution is 0.0101. The first kappa shape index (κ1) is 26.4. The fraction of sp³-hybridized carbons (Fsp3) is 0.696. The first-order valence-corrected chi connectivity index (χ1v) is 13.1. The van der Waals surface area contributed by atoms with Gasteiger partial charge in [-0.2, -0.15) is 0 Å². The summed E-state index contributed by atoms with van der Waals surface area (Å²) in [6.07, 6.45) is 7.02. The number of carbonyl (C=O) groups excluding carboxylic acids is 1. The van der Waals surface area contributed by atoms with Crippen molar-refractivity contribution in [3.8, 4) is 5.75 Å². The van der Waals surface area contributed by atoms with Crippen molar-refractivity contribution >= 4 is 15.9 Å². The number of hydrogen-bond acceptors (Lipinski definition) is 6. The molecule has 9 heteroatoms. The van der Waals surface area contributed by atoms with E-state index in [0.29, 0.717) is 25.9 Å². The first-order chi connectivity index (χ1) is 14.8. The molecule has 0 radical (unpaired) electrons. The van der Waals surface area contributed by atoms with E-state index in [-0.39, 0.29) is 28.9 Å². The zero-order valence-electron chi connectivity index (χ0n) is 19.5. The number of benzene rings is 1. The molecule has 32 heavy (non-hydrogen) atoms. The van der Waals surface area contributed by atoms with Crippen molar-refractivity contribution in [1.29, 1.82) is 0 Å². The van der Waals surface area contributed by atoms with E-state index in [1.54, 1.807) is 4.90 Å². The zero-order chi connectivity index (χ0) is 23.9. The van der Waals surface area contributed by atoms with Crippen LogP contribution in [0.15, 0.2) is 23.1 Å². The maximum absolute atomic E-state index is 13.2. The van der Waals surface area contributed by atoms with Crippen molar-refractivity contribution in [2.75, 3.05) is 19.3 Å². The van der Waals surface area contributed by atoms with Crippen molar-refractivity contribution < 1.29 is 32.2 Å². The molecule has 0 unspecified atom stereocenters. The molecule has 1 heterocycles. The number of hydrogen-bond donors (Lipinski definition) is 1. The number of piperidine rings is 1. The first-order valence-electron chi connectivity index (χ1n) is 11.2. The fourth-order valence-electron chi connectivity index (χ4n) is 3.62. The minimum absolute atomic E-state index is 0.000972. The van der Waals surface area contributed by atoms with Gasteiger partial charge in [0.05, 0.1) is 12.2 Å². The molecule has 0 aromatic heterocycles. The van der Waals surface area contributed by atoms with Crippen LogP contribution in [0.5, 0.6) is 5.75 Å². The summed E-state index contributed by atoms with van der Waals surface area (Å²) in [6, 6.07) is 3.57. The van der Waals surface area contributed by atoms with Gasteiger partial charge in [0, 0.05) is 25.4 Å². The third kappa shape index (κ3) is 8.94. The Morgan fingerprint density at radius 3 is 2.22 bits per heavy atom. The standard InChI is InChI=1S/C13H17FO3S.C10H19NO3/c1-18(15,16)13-8-7-10(14)9-12(13)17-11-5-3-2-4-6-11;1-10(2,3)14-9(13)11-6-4-8(12)5-7-11/h7-9,11H,2-6H2,1H3;8,12H,4-7H2,1-3H3. The van der Waals surface area contributed by atoms with Crippen LogP contribution in [0, 0.1) is 5.82 Å². The molecule has 1 amide bonds. The Labute approximate surface area is 190 Å². The maximum atomic E-state index is 13.2. The number of rotatable bonds is 3. The Morgan fingerprint density at radius 1 is 1.09 bits per heavy atom. The molecule has 0 bridgehead atoms. The number of ether oxygens (including phenoxy) is 2. The lowest BCUT2D eigenvalue weighted by Gasteiger charge is -2.31. The smallest absolute Gasteiger partial charge is 0.410 e. The molecule has 1 saturated carbocycles. The molecule has 1 aliphatic heterocycles. The summed E-state index contributed by atoms with van der Waals surface area (Å²) in [7, 11) is -3.39. The lowest BCUT2D eigenvalue weighted by Crippen LogP contribution is -2.42. The largest absolute Gasteiger partial charge is 0.489 e. The Balaban J connectivity index is 0.000000235. The summed E-state index contributed by atoms with van der Waals surface area (Å²) in [4.78, 5) is 13.3. The normalized spacial score (nSPS) is 18.5. The second-order valence-corrected chi connectivity index (χ2v) is 11.4. The van der Waals surface area contributed by atoms with Crippen LogP contribution in [0.2, 0.25) is 0 Å². The van der Waals surface area contributed by atoms with Gasteiger partial charge in [-0.25, -0.2) is 17.6 Å². The average molecular weight is 474 g/mol. The van der Waals surface area contributed by atoms with Crippen molar-refractivity contribution in [2.45, 2.75) is 88.4 Å². The van der Waals surface area contributed by atoms with Crippen molar-refractivity contribution in [3.05, 3.63) is 24.0 Å². The molecule has 2 fully saturated rings. The van der Waals surface area contributed by atoms with Gasteiger partial charge in [-0.1, -0.05) is 6.42 Å². The van der Waals surface area contributed by atoms with E-state index < -0.39 is 21.3 Å². The predicted octanol–water partition coefficient (Wildman–Crippen LogP) is 4.32. The van der Waals surface area contributed by atoms with Gasteiger partial charge in [-0.05, 0) is 71.4 Å². The Morgan fingerprint density at radius 2 is 1.69 bits per heavy atom. The predicted molar refractivity (Wildman–Crippen MR) is 120 cm³/mol. The quantitative estimate of drug-likeness (QED) is 0.657. The second kappa shape index (κ2) is 11.3. The molecule has 1 aromatic rings. The number of aliphatic hydroxyl groups is 1. The van der Waals surface area contributed by atoms with E-state index in [2.05, 4.69) is 0 Å². The second-order valence-electron chi connectivity index (χ2n) is 9.44. The molecular formula is C23H36FNO6S. The summed E-state index contributed by atoms with van der Waals surface area (Å²) >= 11 is 0. The zero-order valence-corrected chi connectivity index (χ0v) is 20.3. The highest BCUT2D eigenvalue weighted by Crippen LogP contribution is 2.29. The van der Waals surface area contributed by atoms with Crippen LogP contribution >= 0.6 is 0 Å². The Kier molecular flexibility index (Phi) is 9.33. The highest BCUT2D eigenvalue weighted by Gasteiger charge is 2.25. The van der Waals surface area contributed by atoms with Crippen LogP contribution in [-0.2, 0) is 14.6 Å². The van der Waals surface area contributed by atoms with Gasteiger partial charge in [0.1, 0.15) is 22.1 Å². The maximum Gasteiger partial charge on any atom is 0.410 e. The molecule has 1 aliphatic carbocycles. The molecule has 0 spiro atoms. The summed E-state index contributed by atoms with van der Waals surface area (Å²) in [6.45, 7) is 6.74. The Bertz CT molecular complexity index is 854. The van der Waals surface area contributed by atoms with Gasteiger partial charge in [0.2, 0.25) is 0 Å². The van der Waals surface area contributed by atoms with Crippen molar-refractivity contribution in [3.63, 3.8) is 0 Å². The number of carbonyl (C=O) groups is 1. The molecule has 2 aliphatic rings. The van der Waals surface area contributed by atoms with Gasteiger partial charge in [-0.15, -0.1) is 0 Å².